The molecule has 0 aliphatic rings. The van der Waals surface area contributed by atoms with Gasteiger partial charge in [0.15, 0.2) is 10.9 Å². The van der Waals surface area contributed by atoms with Crippen LogP contribution in [0.1, 0.15) is 15.9 Å². The number of hydrogen-bond donors (Lipinski definition) is 0. The highest BCUT2D eigenvalue weighted by atomic mass is 32.2. The minimum atomic E-state index is 0.0184. The van der Waals surface area contributed by atoms with Crippen molar-refractivity contribution in [3.05, 3.63) is 35.7 Å². The molecule has 0 saturated carbocycles. The Morgan fingerprint density at radius 2 is 2.26 bits per heavy atom. The highest BCUT2D eigenvalue weighted by Crippen LogP contribution is 2.23. The number of hydrogen-bond acceptors (Lipinski definition) is 5. The molecule has 19 heavy (non-hydrogen) atoms. The zero-order valence-corrected chi connectivity index (χ0v) is 11.9. The summed E-state index contributed by atoms with van der Waals surface area (Å²) in [5.74, 6) is 0.944. The Morgan fingerprint density at radius 3 is 2.89 bits per heavy atom. The van der Waals surface area contributed by atoms with E-state index in [9.17, 15) is 4.79 Å². The fourth-order valence-electron chi connectivity index (χ4n) is 1.65. The molecule has 0 spiro atoms. The van der Waals surface area contributed by atoms with E-state index in [4.69, 9.17) is 4.74 Å². The quantitative estimate of drug-likeness (QED) is 0.619. The van der Waals surface area contributed by atoms with E-state index < -0.39 is 0 Å². The van der Waals surface area contributed by atoms with Gasteiger partial charge in [0.2, 0.25) is 0 Å². The lowest BCUT2D eigenvalue weighted by molar-refractivity contribution is 0.101. The van der Waals surface area contributed by atoms with E-state index in [0.29, 0.717) is 17.1 Å². The molecule has 2 aromatic rings. The summed E-state index contributed by atoms with van der Waals surface area (Å²) in [4.78, 5) is 16.3. The lowest BCUT2D eigenvalue weighted by Gasteiger charge is -2.08. The second kappa shape index (κ2) is 5.88. The lowest BCUT2D eigenvalue weighted by atomic mass is 10.1. The third kappa shape index (κ3) is 3.14. The van der Waals surface area contributed by atoms with Crippen molar-refractivity contribution < 1.29 is 9.53 Å². The van der Waals surface area contributed by atoms with Crippen molar-refractivity contribution in [1.82, 2.24) is 14.8 Å². The summed E-state index contributed by atoms with van der Waals surface area (Å²) in [6.07, 6.45) is 1.47. The molecule has 0 radical (unpaired) electrons. The van der Waals surface area contributed by atoms with Gasteiger partial charge in [-0.25, -0.2) is 9.67 Å². The van der Waals surface area contributed by atoms with Crippen LogP contribution in [0.25, 0.3) is 0 Å². The molecule has 0 aliphatic carbocycles. The van der Waals surface area contributed by atoms with Gasteiger partial charge in [-0.3, -0.25) is 4.79 Å². The number of aryl methyl sites for hydroxylation is 2. The van der Waals surface area contributed by atoms with Crippen molar-refractivity contribution in [3.8, 4) is 5.75 Å². The molecule has 0 atom stereocenters. The monoisotopic (exact) mass is 277 g/mol. The molecule has 0 saturated heterocycles. The zero-order chi connectivity index (χ0) is 13.8. The average molecular weight is 277 g/mol. The Balaban J connectivity index is 2.10. The van der Waals surface area contributed by atoms with Crippen molar-refractivity contribution in [2.45, 2.75) is 12.1 Å². The van der Waals surface area contributed by atoms with Gasteiger partial charge in [-0.15, -0.1) is 0 Å². The molecule has 5 nitrogen and oxygen atoms in total. The van der Waals surface area contributed by atoms with E-state index in [1.165, 1.54) is 18.1 Å². The maximum absolute atomic E-state index is 12.2. The number of rotatable bonds is 5. The minimum absolute atomic E-state index is 0.0184. The van der Waals surface area contributed by atoms with Crippen LogP contribution in [0.2, 0.25) is 0 Å². The summed E-state index contributed by atoms with van der Waals surface area (Å²) in [5, 5.41) is 4.68. The number of Topliss-reactive ketones (excluding diaryl/α,β-unsaturated/α-hetero) is 1. The van der Waals surface area contributed by atoms with Gasteiger partial charge in [0, 0.05) is 7.05 Å². The molecule has 0 bridgehead atoms. The molecular formula is C13H15N3O2S. The van der Waals surface area contributed by atoms with Crippen LogP contribution in [-0.4, -0.2) is 33.4 Å². The SMILES string of the molecule is COc1cc(C)ccc1C(=O)CSc1ncnn1C. The first-order chi connectivity index (χ1) is 9.11. The van der Waals surface area contributed by atoms with Crippen molar-refractivity contribution in [2.24, 2.45) is 7.05 Å². The van der Waals surface area contributed by atoms with Crippen LogP contribution in [-0.2, 0) is 7.05 Å². The van der Waals surface area contributed by atoms with Crippen LogP contribution < -0.4 is 4.74 Å². The van der Waals surface area contributed by atoms with Gasteiger partial charge in [0.1, 0.15) is 12.1 Å². The topological polar surface area (TPSA) is 57.0 Å². The normalized spacial score (nSPS) is 10.5. The molecule has 0 amide bonds. The number of carbonyl (C=O) groups is 1. The van der Waals surface area contributed by atoms with Crippen LogP contribution in [0.15, 0.2) is 29.7 Å². The van der Waals surface area contributed by atoms with Crippen LogP contribution in [0.5, 0.6) is 5.75 Å². The summed E-state index contributed by atoms with van der Waals surface area (Å²) in [6, 6.07) is 5.57. The fourth-order valence-corrected chi connectivity index (χ4v) is 2.42. The molecule has 0 unspecified atom stereocenters. The third-order valence-electron chi connectivity index (χ3n) is 2.66. The van der Waals surface area contributed by atoms with E-state index in [1.54, 1.807) is 24.9 Å². The molecule has 6 heteroatoms. The van der Waals surface area contributed by atoms with Gasteiger partial charge in [0.05, 0.1) is 18.4 Å². The second-order valence-corrected chi connectivity index (χ2v) is 5.02. The maximum Gasteiger partial charge on any atom is 0.186 e. The van der Waals surface area contributed by atoms with Gasteiger partial charge < -0.3 is 4.74 Å². The van der Waals surface area contributed by atoms with Crippen molar-refractivity contribution >= 4 is 17.5 Å². The highest BCUT2D eigenvalue weighted by molar-refractivity contribution is 7.99. The lowest BCUT2D eigenvalue weighted by Crippen LogP contribution is -2.06. The number of carbonyl (C=O) groups excluding carboxylic acids is 1. The predicted molar refractivity (Wildman–Crippen MR) is 73.8 cm³/mol. The van der Waals surface area contributed by atoms with Gasteiger partial charge in [-0.1, -0.05) is 17.8 Å². The smallest absolute Gasteiger partial charge is 0.186 e. The molecule has 100 valence electrons. The molecule has 0 N–H and O–H groups in total. The van der Waals surface area contributed by atoms with Gasteiger partial charge in [0.25, 0.3) is 0 Å². The largest absolute Gasteiger partial charge is 0.496 e. The van der Waals surface area contributed by atoms with Crippen LogP contribution in [0.3, 0.4) is 0 Å². The maximum atomic E-state index is 12.2. The molecule has 1 aromatic heterocycles. The van der Waals surface area contributed by atoms with Crippen molar-refractivity contribution in [3.63, 3.8) is 0 Å². The summed E-state index contributed by atoms with van der Waals surface area (Å²) in [7, 11) is 3.37. The zero-order valence-electron chi connectivity index (χ0n) is 11.1. The van der Waals surface area contributed by atoms with Crippen molar-refractivity contribution in [1.29, 1.82) is 0 Å². The Kier molecular flexibility index (Phi) is 4.21. The Morgan fingerprint density at radius 1 is 1.47 bits per heavy atom. The highest BCUT2D eigenvalue weighted by Gasteiger charge is 2.14. The molecule has 1 aromatic carbocycles. The molecule has 2 rings (SSSR count). The van der Waals surface area contributed by atoms with E-state index in [2.05, 4.69) is 10.1 Å². The fraction of sp³-hybridized carbons (Fsp3) is 0.308. The summed E-state index contributed by atoms with van der Waals surface area (Å²) in [5.41, 5.74) is 1.66. The van der Waals surface area contributed by atoms with E-state index in [0.717, 1.165) is 10.7 Å². The number of ether oxygens (including phenoxy) is 1. The number of thioether (sulfide) groups is 1. The van der Waals surface area contributed by atoms with Gasteiger partial charge in [-0.2, -0.15) is 5.10 Å². The number of aromatic nitrogens is 3. The first kappa shape index (κ1) is 13.6. The number of benzene rings is 1. The third-order valence-corrected chi connectivity index (χ3v) is 3.69. The van der Waals surface area contributed by atoms with E-state index in [-0.39, 0.29) is 5.78 Å². The van der Waals surface area contributed by atoms with E-state index in [1.807, 2.05) is 19.1 Å². The Hall–Kier alpha value is -1.82. The second-order valence-electron chi connectivity index (χ2n) is 4.08. The minimum Gasteiger partial charge on any atom is -0.496 e. The standard InChI is InChI=1S/C13H15N3O2S/c1-9-4-5-10(12(6-9)18-3)11(17)7-19-13-14-8-15-16(13)2/h4-6,8H,7H2,1-3H3. The summed E-state index contributed by atoms with van der Waals surface area (Å²) < 4.78 is 6.89. The Bertz CT molecular complexity index is 595. The molecule has 0 aliphatic heterocycles. The van der Waals surface area contributed by atoms with Crippen LogP contribution in [0.4, 0.5) is 0 Å². The van der Waals surface area contributed by atoms with Gasteiger partial charge >= 0.3 is 0 Å². The average Bonchev–Trinajstić information content (AvgIpc) is 2.81. The number of nitrogens with zero attached hydrogens (tertiary/aromatic N) is 3. The van der Waals surface area contributed by atoms with Gasteiger partial charge in [-0.05, 0) is 24.6 Å². The molecule has 0 fully saturated rings. The Labute approximate surface area is 116 Å². The van der Waals surface area contributed by atoms with E-state index >= 15 is 0 Å². The summed E-state index contributed by atoms with van der Waals surface area (Å²) in [6.45, 7) is 1.96. The van der Waals surface area contributed by atoms with Crippen LogP contribution in [0, 0.1) is 6.92 Å². The predicted octanol–water partition coefficient (Wildman–Crippen LogP) is 2.11. The van der Waals surface area contributed by atoms with Crippen molar-refractivity contribution in [2.75, 3.05) is 12.9 Å². The van der Waals surface area contributed by atoms with Crippen LogP contribution >= 0.6 is 11.8 Å². The number of methoxy groups -OCH3 is 1. The molecule has 1 heterocycles. The first-order valence-electron chi connectivity index (χ1n) is 5.76. The summed E-state index contributed by atoms with van der Waals surface area (Å²) >= 11 is 1.36. The molecular weight excluding hydrogens is 262 g/mol. The first-order valence-corrected chi connectivity index (χ1v) is 6.75. The number of ketones is 1.